The topological polar surface area (TPSA) is 57.6 Å². The molecule has 2 unspecified atom stereocenters. The summed E-state index contributed by atoms with van der Waals surface area (Å²) >= 11 is 5.83. The highest BCUT2D eigenvalue weighted by Gasteiger charge is 2.36. The van der Waals surface area contributed by atoms with Gasteiger partial charge in [0.2, 0.25) is 11.8 Å². The van der Waals surface area contributed by atoms with Crippen LogP contribution in [-0.2, 0) is 9.59 Å². The Kier molecular flexibility index (Phi) is 3.68. The fraction of sp³-hybridized carbons (Fsp3) is 0.385. The monoisotopic (exact) mass is 267 g/mol. The van der Waals surface area contributed by atoms with E-state index in [0.717, 1.165) is 4.90 Å². The number of aliphatic hydroxyl groups is 1. The molecule has 1 saturated heterocycles. The second-order valence-electron chi connectivity index (χ2n) is 4.52. The fourth-order valence-corrected chi connectivity index (χ4v) is 2.23. The van der Waals surface area contributed by atoms with Crippen molar-refractivity contribution in [3.63, 3.8) is 0 Å². The van der Waals surface area contributed by atoms with Gasteiger partial charge in [-0.3, -0.25) is 14.5 Å². The minimum Gasteiger partial charge on any atom is -0.387 e. The lowest BCUT2D eigenvalue weighted by Crippen LogP contribution is -2.34. The van der Waals surface area contributed by atoms with E-state index in [1.54, 1.807) is 31.2 Å². The van der Waals surface area contributed by atoms with Crippen molar-refractivity contribution in [3.05, 3.63) is 34.9 Å². The molecule has 0 aromatic heterocycles. The fourth-order valence-electron chi connectivity index (χ4n) is 2.03. The van der Waals surface area contributed by atoms with Crippen LogP contribution in [0.2, 0.25) is 5.02 Å². The smallest absolute Gasteiger partial charge is 0.232 e. The van der Waals surface area contributed by atoms with Gasteiger partial charge in [-0.25, -0.2) is 0 Å². The number of rotatable bonds is 3. The summed E-state index contributed by atoms with van der Waals surface area (Å²) in [6.07, 6.45) is -0.678. The predicted molar refractivity (Wildman–Crippen MR) is 66.9 cm³/mol. The van der Waals surface area contributed by atoms with Gasteiger partial charge in [0.25, 0.3) is 0 Å². The Labute approximate surface area is 110 Å². The van der Waals surface area contributed by atoms with Crippen molar-refractivity contribution < 1.29 is 14.7 Å². The summed E-state index contributed by atoms with van der Waals surface area (Å²) in [4.78, 5) is 24.4. The molecule has 0 bridgehead atoms. The number of hydrogen-bond acceptors (Lipinski definition) is 3. The van der Waals surface area contributed by atoms with Crippen molar-refractivity contribution in [1.29, 1.82) is 0 Å². The number of hydrogen-bond donors (Lipinski definition) is 1. The Bertz CT molecular complexity index is 489. The van der Waals surface area contributed by atoms with Crippen molar-refractivity contribution in [3.8, 4) is 0 Å². The minimum absolute atomic E-state index is 0.0116. The summed E-state index contributed by atoms with van der Waals surface area (Å²) in [5, 5.41) is 10.5. The van der Waals surface area contributed by atoms with Crippen LogP contribution in [-0.4, -0.2) is 28.4 Å². The molecule has 2 amide bonds. The molecule has 2 atom stereocenters. The van der Waals surface area contributed by atoms with Crippen LogP contribution < -0.4 is 0 Å². The third kappa shape index (κ3) is 2.54. The molecule has 4 nitrogen and oxygen atoms in total. The zero-order valence-corrected chi connectivity index (χ0v) is 10.7. The third-order valence-electron chi connectivity index (χ3n) is 3.06. The number of aliphatic hydroxyl groups excluding tert-OH is 1. The molecular formula is C13H14ClNO3. The van der Waals surface area contributed by atoms with E-state index >= 15 is 0 Å². The van der Waals surface area contributed by atoms with Gasteiger partial charge in [0, 0.05) is 17.4 Å². The van der Waals surface area contributed by atoms with E-state index in [-0.39, 0.29) is 30.7 Å². The van der Waals surface area contributed by atoms with Crippen LogP contribution in [0.3, 0.4) is 0 Å². The Hall–Kier alpha value is -1.39. The van der Waals surface area contributed by atoms with Gasteiger partial charge >= 0.3 is 0 Å². The molecule has 0 spiro atoms. The largest absolute Gasteiger partial charge is 0.387 e. The molecule has 5 heteroatoms. The second-order valence-corrected chi connectivity index (χ2v) is 4.95. The first-order chi connectivity index (χ1) is 8.49. The lowest BCUT2D eigenvalue weighted by atomic mass is 10.1. The average molecular weight is 268 g/mol. The number of β-amino-alcohol motifs (C(OH)–C–C–N with tert-alkyl or cyclic N) is 1. The Morgan fingerprint density at radius 2 is 2.22 bits per heavy atom. The zero-order chi connectivity index (χ0) is 13.3. The molecule has 1 aromatic carbocycles. The second kappa shape index (κ2) is 5.08. The molecule has 2 rings (SSSR count). The van der Waals surface area contributed by atoms with E-state index in [2.05, 4.69) is 0 Å². The molecule has 1 aromatic rings. The highest BCUT2D eigenvalue weighted by atomic mass is 35.5. The predicted octanol–water partition coefficient (Wildman–Crippen LogP) is 1.77. The van der Waals surface area contributed by atoms with Gasteiger partial charge in [0.05, 0.1) is 12.6 Å². The summed E-state index contributed by atoms with van der Waals surface area (Å²) in [6.45, 7) is 1.70. The lowest BCUT2D eigenvalue weighted by Gasteiger charge is -2.19. The summed E-state index contributed by atoms with van der Waals surface area (Å²) in [7, 11) is 0. The Morgan fingerprint density at radius 3 is 2.78 bits per heavy atom. The SMILES string of the molecule is CC1CC(=O)N(CC(O)c2cccc(Cl)c2)C1=O. The molecule has 1 heterocycles. The standard InChI is InChI=1S/C13H14ClNO3/c1-8-5-12(17)15(13(8)18)7-11(16)9-3-2-4-10(14)6-9/h2-4,6,8,11,16H,5,7H2,1H3. The van der Waals surface area contributed by atoms with Gasteiger partial charge in [0.1, 0.15) is 0 Å². The van der Waals surface area contributed by atoms with Crippen LogP contribution in [0.1, 0.15) is 25.0 Å². The number of carbonyl (C=O) groups is 2. The van der Waals surface area contributed by atoms with E-state index in [1.165, 1.54) is 0 Å². The Balaban J connectivity index is 2.10. The quantitative estimate of drug-likeness (QED) is 0.849. The first-order valence-corrected chi connectivity index (χ1v) is 6.14. The van der Waals surface area contributed by atoms with Crippen LogP contribution in [0.25, 0.3) is 0 Å². The van der Waals surface area contributed by atoms with Gasteiger partial charge in [-0.05, 0) is 17.7 Å². The highest BCUT2D eigenvalue weighted by molar-refractivity contribution is 6.30. The molecule has 1 aliphatic heterocycles. The van der Waals surface area contributed by atoms with E-state index in [4.69, 9.17) is 11.6 Å². The molecule has 1 N–H and O–H groups in total. The lowest BCUT2D eigenvalue weighted by molar-refractivity contribution is -0.140. The maximum atomic E-state index is 11.7. The molecule has 0 radical (unpaired) electrons. The summed E-state index contributed by atoms with van der Waals surface area (Å²) < 4.78 is 0. The average Bonchev–Trinajstić information content (AvgIpc) is 2.56. The highest BCUT2D eigenvalue weighted by Crippen LogP contribution is 2.24. The third-order valence-corrected chi connectivity index (χ3v) is 3.29. The molecule has 18 heavy (non-hydrogen) atoms. The van der Waals surface area contributed by atoms with Crippen LogP contribution in [0.4, 0.5) is 0 Å². The molecular weight excluding hydrogens is 254 g/mol. The maximum Gasteiger partial charge on any atom is 0.232 e. The van der Waals surface area contributed by atoms with E-state index in [1.807, 2.05) is 0 Å². The first kappa shape index (κ1) is 13.1. The van der Waals surface area contributed by atoms with Gasteiger partial charge < -0.3 is 5.11 Å². The van der Waals surface area contributed by atoms with Crippen molar-refractivity contribution in [2.24, 2.45) is 5.92 Å². The maximum absolute atomic E-state index is 11.7. The van der Waals surface area contributed by atoms with Crippen LogP contribution in [0.5, 0.6) is 0 Å². The number of benzene rings is 1. The van der Waals surface area contributed by atoms with Gasteiger partial charge in [0.15, 0.2) is 0 Å². The molecule has 1 aliphatic rings. The number of amides is 2. The van der Waals surface area contributed by atoms with Gasteiger partial charge in [-0.15, -0.1) is 0 Å². The van der Waals surface area contributed by atoms with Crippen LogP contribution >= 0.6 is 11.6 Å². The van der Waals surface area contributed by atoms with Crippen molar-refractivity contribution >= 4 is 23.4 Å². The number of imide groups is 1. The van der Waals surface area contributed by atoms with Crippen molar-refractivity contribution in [2.45, 2.75) is 19.4 Å². The first-order valence-electron chi connectivity index (χ1n) is 5.76. The number of halogens is 1. The minimum atomic E-state index is -0.901. The normalized spacial score (nSPS) is 21.5. The zero-order valence-electron chi connectivity index (χ0n) is 9.97. The van der Waals surface area contributed by atoms with Crippen LogP contribution in [0, 0.1) is 5.92 Å². The summed E-state index contributed by atoms with van der Waals surface area (Å²) in [5.74, 6) is -0.737. The van der Waals surface area contributed by atoms with Crippen molar-refractivity contribution in [2.75, 3.05) is 6.54 Å². The Morgan fingerprint density at radius 1 is 1.50 bits per heavy atom. The molecule has 0 aliphatic carbocycles. The number of likely N-dealkylation sites (tertiary alicyclic amines) is 1. The molecule has 0 saturated carbocycles. The molecule has 1 fully saturated rings. The van der Waals surface area contributed by atoms with Crippen LogP contribution in [0.15, 0.2) is 24.3 Å². The van der Waals surface area contributed by atoms with E-state index in [9.17, 15) is 14.7 Å². The van der Waals surface area contributed by atoms with Crippen molar-refractivity contribution in [1.82, 2.24) is 4.90 Å². The summed E-state index contributed by atoms with van der Waals surface area (Å²) in [6, 6.07) is 6.76. The van der Waals surface area contributed by atoms with E-state index in [0.29, 0.717) is 10.6 Å². The number of nitrogens with zero attached hydrogens (tertiary/aromatic N) is 1. The van der Waals surface area contributed by atoms with Gasteiger partial charge in [-0.1, -0.05) is 30.7 Å². The summed E-state index contributed by atoms with van der Waals surface area (Å²) in [5.41, 5.74) is 0.600. The molecule has 96 valence electrons. The van der Waals surface area contributed by atoms with Gasteiger partial charge in [-0.2, -0.15) is 0 Å². The van der Waals surface area contributed by atoms with E-state index < -0.39 is 6.10 Å². The number of carbonyl (C=O) groups excluding carboxylic acids is 2.